The van der Waals surface area contributed by atoms with E-state index in [0.29, 0.717) is 5.82 Å². The van der Waals surface area contributed by atoms with Crippen molar-refractivity contribution < 1.29 is 4.79 Å². The second-order valence-corrected chi connectivity index (χ2v) is 9.96. The Hall–Kier alpha value is -3.30. The van der Waals surface area contributed by atoms with E-state index < -0.39 is 0 Å². The zero-order valence-corrected chi connectivity index (χ0v) is 21.8. The second-order valence-electron chi connectivity index (χ2n) is 9.10. The zero-order chi connectivity index (χ0) is 25.1. The van der Waals surface area contributed by atoms with Crippen LogP contribution >= 0.6 is 15.9 Å². The standard InChI is InChI=1S/C27H30BrN7O/c1-2-23(36)34-16-14-33(15-17-34)12-6-3-7-13-35-27-24(26(29)30-18-31-27)25(32-35)21-10-11-22(28)20-9-5-4-8-19(20)21/h2,4-5,8-11,18H,1,3,6-7,12-17H2,(H2,29,30,31). The summed E-state index contributed by atoms with van der Waals surface area (Å²) in [5.41, 5.74) is 8.94. The van der Waals surface area contributed by atoms with Crippen LogP contribution in [0.15, 0.2) is 59.9 Å². The molecular formula is C27H30BrN7O. The highest BCUT2D eigenvalue weighted by Crippen LogP contribution is 2.37. The third-order valence-corrected chi connectivity index (χ3v) is 7.58. The van der Waals surface area contributed by atoms with Crippen LogP contribution in [0.25, 0.3) is 33.1 Å². The van der Waals surface area contributed by atoms with Crippen molar-refractivity contribution in [2.45, 2.75) is 25.8 Å². The molecule has 1 aliphatic rings. The normalized spacial score (nSPS) is 14.5. The average Bonchev–Trinajstić information content (AvgIpc) is 3.28. The third-order valence-electron chi connectivity index (χ3n) is 6.89. The van der Waals surface area contributed by atoms with E-state index in [-0.39, 0.29) is 5.91 Å². The molecule has 186 valence electrons. The van der Waals surface area contributed by atoms with Crippen LogP contribution < -0.4 is 5.73 Å². The maximum absolute atomic E-state index is 11.8. The van der Waals surface area contributed by atoms with E-state index in [9.17, 15) is 4.79 Å². The summed E-state index contributed by atoms with van der Waals surface area (Å²) in [6, 6.07) is 12.4. The number of fused-ring (bicyclic) bond motifs is 2. The van der Waals surface area contributed by atoms with Gasteiger partial charge in [0.2, 0.25) is 5.91 Å². The number of hydrogen-bond donors (Lipinski definition) is 1. The summed E-state index contributed by atoms with van der Waals surface area (Å²) in [6.07, 6.45) is 6.10. The third kappa shape index (κ3) is 4.85. The Balaban J connectivity index is 1.27. The molecule has 0 radical (unpaired) electrons. The van der Waals surface area contributed by atoms with Crippen molar-refractivity contribution >= 4 is 49.5 Å². The minimum atomic E-state index is 0.0287. The van der Waals surface area contributed by atoms with Gasteiger partial charge in [-0.2, -0.15) is 5.10 Å². The molecule has 9 heteroatoms. The lowest BCUT2D eigenvalue weighted by atomic mass is 10.0. The molecule has 0 saturated carbocycles. The van der Waals surface area contributed by atoms with Crippen molar-refractivity contribution in [2.24, 2.45) is 0 Å². The van der Waals surface area contributed by atoms with E-state index >= 15 is 0 Å². The smallest absolute Gasteiger partial charge is 0.246 e. The number of hydrogen-bond acceptors (Lipinski definition) is 6. The van der Waals surface area contributed by atoms with E-state index in [1.165, 1.54) is 12.4 Å². The molecule has 1 fully saturated rings. The number of amides is 1. The average molecular weight is 548 g/mol. The fourth-order valence-corrected chi connectivity index (χ4v) is 5.42. The molecule has 2 N–H and O–H groups in total. The van der Waals surface area contributed by atoms with Gasteiger partial charge in [-0.25, -0.2) is 14.6 Å². The Morgan fingerprint density at radius 3 is 2.53 bits per heavy atom. The van der Waals surface area contributed by atoms with Gasteiger partial charge in [0.15, 0.2) is 5.65 Å². The van der Waals surface area contributed by atoms with Gasteiger partial charge in [0.25, 0.3) is 0 Å². The molecule has 36 heavy (non-hydrogen) atoms. The van der Waals surface area contributed by atoms with Gasteiger partial charge in [0.05, 0.1) is 5.39 Å². The number of anilines is 1. The van der Waals surface area contributed by atoms with Crippen molar-refractivity contribution in [3.8, 4) is 11.3 Å². The maximum atomic E-state index is 11.8. The van der Waals surface area contributed by atoms with E-state index in [0.717, 1.165) is 96.1 Å². The quantitative estimate of drug-likeness (QED) is 0.258. The van der Waals surface area contributed by atoms with Crippen molar-refractivity contribution in [1.29, 1.82) is 0 Å². The molecule has 1 saturated heterocycles. The van der Waals surface area contributed by atoms with E-state index in [1.807, 2.05) is 21.7 Å². The number of carbonyl (C=O) groups excluding carboxylic acids is 1. The molecular weight excluding hydrogens is 518 g/mol. The highest BCUT2D eigenvalue weighted by molar-refractivity contribution is 9.10. The van der Waals surface area contributed by atoms with Crippen molar-refractivity contribution in [3.63, 3.8) is 0 Å². The number of piperazine rings is 1. The first kappa shape index (κ1) is 24.4. The lowest BCUT2D eigenvalue weighted by molar-refractivity contribution is -0.127. The summed E-state index contributed by atoms with van der Waals surface area (Å²) in [5, 5.41) is 8.02. The van der Waals surface area contributed by atoms with Gasteiger partial charge in [-0.15, -0.1) is 0 Å². The molecule has 5 rings (SSSR count). The van der Waals surface area contributed by atoms with Gasteiger partial charge in [0, 0.05) is 42.8 Å². The molecule has 0 unspecified atom stereocenters. The number of aryl methyl sites for hydroxylation is 1. The van der Waals surface area contributed by atoms with Crippen LogP contribution in [-0.2, 0) is 11.3 Å². The summed E-state index contributed by atoms with van der Waals surface area (Å²) >= 11 is 3.66. The highest BCUT2D eigenvalue weighted by atomic mass is 79.9. The zero-order valence-electron chi connectivity index (χ0n) is 20.2. The summed E-state index contributed by atoms with van der Waals surface area (Å²) < 4.78 is 3.02. The van der Waals surface area contributed by atoms with Gasteiger partial charge in [-0.05, 0) is 42.3 Å². The Bertz CT molecular complexity index is 1410. The Labute approximate surface area is 218 Å². The Morgan fingerprint density at radius 2 is 1.75 bits per heavy atom. The van der Waals surface area contributed by atoms with Crippen molar-refractivity contribution in [2.75, 3.05) is 38.5 Å². The first-order chi connectivity index (χ1) is 17.6. The monoisotopic (exact) mass is 547 g/mol. The second kappa shape index (κ2) is 10.8. The van der Waals surface area contributed by atoms with Crippen molar-refractivity contribution in [1.82, 2.24) is 29.5 Å². The van der Waals surface area contributed by atoms with E-state index in [2.05, 4.69) is 61.6 Å². The number of nitrogens with zero attached hydrogens (tertiary/aromatic N) is 6. The fraction of sp³-hybridized carbons (Fsp3) is 0.333. The van der Waals surface area contributed by atoms with Crippen LogP contribution in [0.2, 0.25) is 0 Å². The number of nitrogen functional groups attached to an aromatic ring is 1. The number of unbranched alkanes of at least 4 members (excludes halogenated alkanes) is 2. The lowest BCUT2D eigenvalue weighted by Crippen LogP contribution is -2.48. The topological polar surface area (TPSA) is 93.2 Å². The maximum Gasteiger partial charge on any atom is 0.246 e. The molecule has 0 atom stereocenters. The molecule has 4 aromatic rings. The van der Waals surface area contributed by atoms with Gasteiger partial charge in [-0.1, -0.05) is 59.3 Å². The number of halogens is 1. The summed E-state index contributed by atoms with van der Waals surface area (Å²) in [5.74, 6) is 0.475. The van der Waals surface area contributed by atoms with Gasteiger partial charge < -0.3 is 10.6 Å². The lowest BCUT2D eigenvalue weighted by Gasteiger charge is -2.34. The van der Waals surface area contributed by atoms with Crippen molar-refractivity contribution in [3.05, 3.63) is 59.9 Å². The minimum Gasteiger partial charge on any atom is -0.383 e. The first-order valence-electron chi connectivity index (χ1n) is 12.3. The molecule has 8 nitrogen and oxygen atoms in total. The number of carbonyl (C=O) groups is 1. The molecule has 0 bridgehead atoms. The van der Waals surface area contributed by atoms with Crippen LogP contribution in [0, 0.1) is 0 Å². The number of aromatic nitrogens is 4. The largest absolute Gasteiger partial charge is 0.383 e. The van der Waals surface area contributed by atoms with Crippen LogP contribution in [0.1, 0.15) is 19.3 Å². The molecule has 2 aromatic heterocycles. The van der Waals surface area contributed by atoms with Gasteiger partial charge in [-0.3, -0.25) is 9.69 Å². The number of rotatable bonds is 8. The Morgan fingerprint density at radius 1 is 1.00 bits per heavy atom. The van der Waals surface area contributed by atoms with E-state index in [1.54, 1.807) is 0 Å². The molecule has 0 spiro atoms. The molecule has 0 aliphatic carbocycles. The number of benzene rings is 2. The summed E-state index contributed by atoms with van der Waals surface area (Å²) in [7, 11) is 0. The molecule has 1 aliphatic heterocycles. The first-order valence-corrected chi connectivity index (χ1v) is 13.1. The van der Waals surface area contributed by atoms with Gasteiger partial charge in [0.1, 0.15) is 17.8 Å². The SMILES string of the molecule is C=CC(=O)N1CCN(CCCCCn2nc(-c3ccc(Br)c4ccccc34)c3c(N)ncnc32)CC1. The van der Waals surface area contributed by atoms with Gasteiger partial charge >= 0.3 is 0 Å². The minimum absolute atomic E-state index is 0.0287. The van der Waals surface area contributed by atoms with E-state index in [4.69, 9.17) is 10.8 Å². The highest BCUT2D eigenvalue weighted by Gasteiger charge is 2.20. The van der Waals surface area contributed by atoms with Crippen LogP contribution in [-0.4, -0.2) is 68.2 Å². The van der Waals surface area contributed by atoms with Crippen LogP contribution in [0.4, 0.5) is 5.82 Å². The molecule has 1 amide bonds. The molecule has 3 heterocycles. The van der Waals surface area contributed by atoms with Crippen LogP contribution in [0.5, 0.6) is 0 Å². The predicted octanol–water partition coefficient (Wildman–Crippen LogP) is 4.49. The summed E-state index contributed by atoms with van der Waals surface area (Å²) in [4.78, 5) is 24.8. The summed E-state index contributed by atoms with van der Waals surface area (Å²) in [6.45, 7) is 8.78. The number of nitrogens with two attached hydrogens (primary N) is 1. The van der Waals surface area contributed by atoms with Crippen LogP contribution in [0.3, 0.4) is 0 Å². The predicted molar refractivity (Wildman–Crippen MR) is 147 cm³/mol. The Kier molecular flexibility index (Phi) is 7.29. The fourth-order valence-electron chi connectivity index (χ4n) is 4.94. The molecule has 2 aromatic carbocycles.